The van der Waals surface area contributed by atoms with Gasteiger partial charge in [0.15, 0.2) is 0 Å². The van der Waals surface area contributed by atoms with Crippen molar-refractivity contribution in [1.82, 2.24) is 0 Å². The van der Waals surface area contributed by atoms with Gasteiger partial charge in [0.2, 0.25) is 0 Å². The summed E-state index contributed by atoms with van der Waals surface area (Å²) < 4.78 is 11.2. The zero-order valence-corrected chi connectivity index (χ0v) is 17.7. The fraction of sp³-hybridized carbons (Fsp3) is 0.381. The molecule has 0 amide bonds. The monoisotopic (exact) mass is 465 g/mol. The van der Waals surface area contributed by atoms with E-state index in [-0.39, 0.29) is 25.3 Å². The number of esters is 2. The van der Waals surface area contributed by atoms with E-state index >= 15 is 0 Å². The Hall–Kier alpha value is -2.45. The second kappa shape index (κ2) is 9.84. The van der Waals surface area contributed by atoms with Gasteiger partial charge >= 0.3 is 11.9 Å². The number of rotatable bonds is 7. The number of ether oxygens (including phenoxy) is 2. The summed E-state index contributed by atoms with van der Waals surface area (Å²) in [5.41, 5.74) is -0.993. The van der Waals surface area contributed by atoms with Gasteiger partial charge in [-0.15, -0.1) is 0 Å². The molecule has 2 N–H and O–H groups in total. The number of hydrogen-bond donors (Lipinski definition) is 2. The maximum Gasteiger partial charge on any atom is 0.315 e. The summed E-state index contributed by atoms with van der Waals surface area (Å²) in [5, 5.41) is 23.9. The number of carbonyl (C=O) groups is 2. The summed E-state index contributed by atoms with van der Waals surface area (Å²) in [5.74, 6) is -4.41. The molecule has 1 aromatic rings. The average Bonchev–Trinajstić information content (AvgIpc) is 2.69. The fourth-order valence-electron chi connectivity index (χ4n) is 3.69. The highest BCUT2D eigenvalue weighted by Crippen LogP contribution is 2.47. The van der Waals surface area contributed by atoms with Crippen LogP contribution in [0, 0.1) is 11.8 Å². The lowest BCUT2D eigenvalue weighted by Gasteiger charge is -2.44. The Morgan fingerprint density at radius 1 is 1.21 bits per heavy atom. The Morgan fingerprint density at radius 2 is 1.76 bits per heavy atom. The Morgan fingerprint density at radius 3 is 2.28 bits per heavy atom. The molecule has 0 unspecified atom stereocenters. The van der Waals surface area contributed by atoms with Crippen molar-refractivity contribution in [2.45, 2.75) is 24.9 Å². The zero-order valence-electron chi connectivity index (χ0n) is 16.1. The molecule has 0 aliphatic heterocycles. The molecule has 2 rings (SSSR count). The van der Waals surface area contributed by atoms with Crippen LogP contribution in [0.4, 0.5) is 0 Å². The summed E-state index contributed by atoms with van der Waals surface area (Å²) in [6.45, 7) is 8.42. The Labute approximate surface area is 177 Å². The number of halogens is 1. The maximum absolute atomic E-state index is 12.9. The van der Waals surface area contributed by atoms with Gasteiger partial charge in [-0.3, -0.25) is 9.59 Å². The third-order valence-electron chi connectivity index (χ3n) is 4.86. The Bertz CT molecular complexity index is 802. The van der Waals surface area contributed by atoms with Crippen molar-refractivity contribution in [1.29, 1.82) is 0 Å². The lowest BCUT2D eigenvalue weighted by molar-refractivity contribution is -0.162. The molecule has 0 heterocycles. The molecular formula is C21H24BrNO6. The summed E-state index contributed by atoms with van der Waals surface area (Å²) in [7, 11) is 0. The van der Waals surface area contributed by atoms with Gasteiger partial charge in [0, 0.05) is 16.8 Å². The largest absolute Gasteiger partial charge is 0.461 e. The summed E-state index contributed by atoms with van der Waals surface area (Å²) in [4.78, 5) is 25.7. The average molecular weight is 466 g/mol. The second-order valence-corrected chi connectivity index (χ2v) is 7.91. The Kier molecular flexibility index (Phi) is 7.75. The summed E-state index contributed by atoms with van der Waals surface area (Å²) in [6, 6.07) is 6.97. The lowest BCUT2D eigenvalue weighted by atomic mass is 9.61. The number of hydrogen-bond acceptors (Lipinski definition) is 7. The van der Waals surface area contributed by atoms with Crippen molar-refractivity contribution in [2.24, 2.45) is 17.0 Å². The van der Waals surface area contributed by atoms with Crippen LogP contribution < -0.4 is 0 Å². The molecular weight excluding hydrogens is 442 g/mol. The van der Waals surface area contributed by atoms with Gasteiger partial charge in [0.25, 0.3) is 0 Å². The minimum Gasteiger partial charge on any atom is -0.461 e. The highest BCUT2D eigenvalue weighted by Gasteiger charge is 2.56. The molecule has 1 aromatic carbocycles. The quantitative estimate of drug-likeness (QED) is 0.277. The number of oxime groups is 1. The molecule has 29 heavy (non-hydrogen) atoms. The molecule has 1 saturated carbocycles. The maximum atomic E-state index is 12.9. The standard InChI is InChI=1S/C21H24BrNO6/c1-4-10-28-19(24)17-15(23-27)12-21(3,26)18(20(25)29-11-5-2)16(17)13-6-8-14(22)9-7-13/h4-9,16-18,26-27H,1-2,10-12H2,3H3/b23-15+/t16-,17-,18+,21+/m1/s1. The van der Waals surface area contributed by atoms with Crippen LogP contribution >= 0.6 is 15.9 Å². The van der Waals surface area contributed by atoms with Gasteiger partial charge in [0.1, 0.15) is 19.1 Å². The van der Waals surface area contributed by atoms with Crippen molar-refractivity contribution in [3.63, 3.8) is 0 Å². The molecule has 1 fully saturated rings. The molecule has 0 aromatic heterocycles. The first-order valence-corrected chi connectivity index (χ1v) is 9.79. The van der Waals surface area contributed by atoms with E-state index in [4.69, 9.17) is 9.47 Å². The molecule has 8 heteroatoms. The van der Waals surface area contributed by atoms with Crippen LogP contribution in [-0.4, -0.2) is 46.8 Å². The number of aliphatic hydroxyl groups is 1. The third-order valence-corrected chi connectivity index (χ3v) is 5.39. The molecule has 0 spiro atoms. The molecule has 7 nitrogen and oxygen atoms in total. The van der Waals surface area contributed by atoms with E-state index in [1.165, 1.54) is 19.1 Å². The minimum atomic E-state index is -1.62. The predicted octanol–water partition coefficient (Wildman–Crippen LogP) is 3.21. The summed E-state index contributed by atoms with van der Waals surface area (Å²) >= 11 is 3.36. The van der Waals surface area contributed by atoms with Gasteiger partial charge in [-0.25, -0.2) is 0 Å². The van der Waals surface area contributed by atoms with Crippen molar-refractivity contribution < 1.29 is 29.4 Å². The highest BCUT2D eigenvalue weighted by molar-refractivity contribution is 9.10. The van der Waals surface area contributed by atoms with E-state index < -0.39 is 35.3 Å². The number of benzene rings is 1. The van der Waals surface area contributed by atoms with Gasteiger partial charge in [0.05, 0.1) is 17.2 Å². The molecule has 4 atom stereocenters. The molecule has 0 bridgehead atoms. The van der Waals surface area contributed by atoms with Crippen LogP contribution in [0.5, 0.6) is 0 Å². The van der Waals surface area contributed by atoms with E-state index in [1.807, 2.05) is 0 Å². The van der Waals surface area contributed by atoms with Crippen LogP contribution in [0.3, 0.4) is 0 Å². The second-order valence-electron chi connectivity index (χ2n) is 7.00. The lowest BCUT2D eigenvalue weighted by Crippen LogP contribution is -2.55. The zero-order chi connectivity index (χ0) is 21.6. The van der Waals surface area contributed by atoms with Gasteiger partial charge in [-0.05, 0) is 24.6 Å². The highest BCUT2D eigenvalue weighted by atomic mass is 79.9. The van der Waals surface area contributed by atoms with E-state index in [2.05, 4.69) is 34.2 Å². The van der Waals surface area contributed by atoms with Crippen molar-refractivity contribution in [3.05, 3.63) is 59.6 Å². The third kappa shape index (κ3) is 5.13. The first-order valence-electron chi connectivity index (χ1n) is 9.00. The first-order chi connectivity index (χ1) is 13.8. The van der Waals surface area contributed by atoms with Crippen LogP contribution in [-0.2, 0) is 19.1 Å². The van der Waals surface area contributed by atoms with E-state index in [9.17, 15) is 19.9 Å². The fourth-order valence-corrected chi connectivity index (χ4v) is 3.95. The van der Waals surface area contributed by atoms with Crippen LogP contribution in [0.15, 0.2) is 59.2 Å². The van der Waals surface area contributed by atoms with Gasteiger partial charge in [-0.1, -0.05) is 58.5 Å². The SMILES string of the molecule is C=CCOC(=O)[C@@H]1/C(=N/O)C[C@](C)(O)[C@H](C(=O)OCC=C)[C@@H]1c1ccc(Br)cc1. The normalized spacial score (nSPS) is 27.8. The molecule has 1 aliphatic rings. The molecule has 1 aliphatic carbocycles. The van der Waals surface area contributed by atoms with Crippen LogP contribution in [0.1, 0.15) is 24.8 Å². The predicted molar refractivity (Wildman–Crippen MR) is 111 cm³/mol. The van der Waals surface area contributed by atoms with Crippen LogP contribution in [0.25, 0.3) is 0 Å². The van der Waals surface area contributed by atoms with Crippen molar-refractivity contribution in [2.75, 3.05) is 13.2 Å². The van der Waals surface area contributed by atoms with E-state index in [0.29, 0.717) is 5.56 Å². The number of nitrogens with zero attached hydrogens (tertiary/aromatic N) is 1. The van der Waals surface area contributed by atoms with Crippen LogP contribution in [0.2, 0.25) is 0 Å². The number of carbonyl (C=O) groups excluding carboxylic acids is 2. The molecule has 156 valence electrons. The summed E-state index contributed by atoms with van der Waals surface area (Å²) in [6.07, 6.45) is 2.63. The van der Waals surface area contributed by atoms with E-state index in [0.717, 1.165) is 4.47 Å². The minimum absolute atomic E-state index is 0.0322. The van der Waals surface area contributed by atoms with E-state index in [1.54, 1.807) is 24.3 Å². The molecule has 0 saturated heterocycles. The molecule has 0 radical (unpaired) electrons. The topological polar surface area (TPSA) is 105 Å². The van der Waals surface area contributed by atoms with Crippen molar-refractivity contribution in [3.8, 4) is 0 Å². The van der Waals surface area contributed by atoms with Gasteiger partial charge < -0.3 is 19.8 Å². The Balaban J connectivity index is 2.62. The first kappa shape index (κ1) is 22.8. The smallest absolute Gasteiger partial charge is 0.315 e. The van der Waals surface area contributed by atoms with Crippen molar-refractivity contribution >= 4 is 33.6 Å². The van der Waals surface area contributed by atoms with Gasteiger partial charge in [-0.2, -0.15) is 0 Å².